The molecule has 2 aromatic heterocycles. The van der Waals surface area contributed by atoms with Gasteiger partial charge in [-0.3, -0.25) is 9.59 Å². The van der Waals surface area contributed by atoms with Crippen molar-refractivity contribution >= 4 is 33.4 Å². The molecule has 29 heavy (non-hydrogen) atoms. The number of amides is 2. The number of aromatic nitrogens is 2. The molecule has 0 saturated carbocycles. The smallest absolute Gasteiger partial charge is 0.262 e. The largest absolute Gasteiger partial charge is 0.350 e. The van der Waals surface area contributed by atoms with Crippen LogP contribution < -0.4 is 10.6 Å². The number of nitrogens with zero attached hydrogens (tertiary/aromatic N) is 2. The maximum Gasteiger partial charge on any atom is 0.262 e. The summed E-state index contributed by atoms with van der Waals surface area (Å²) in [7, 11) is 0. The molecule has 0 atom stereocenters. The van der Waals surface area contributed by atoms with E-state index in [4.69, 9.17) is 0 Å². The van der Waals surface area contributed by atoms with Crippen LogP contribution in [0.5, 0.6) is 0 Å². The van der Waals surface area contributed by atoms with E-state index < -0.39 is 0 Å². The molecule has 2 amide bonds. The van der Waals surface area contributed by atoms with Crippen molar-refractivity contribution in [2.45, 2.75) is 46.6 Å². The molecule has 3 rings (SSSR count). The molecule has 0 radical (unpaired) electrons. The van der Waals surface area contributed by atoms with Gasteiger partial charge in [0, 0.05) is 17.3 Å². The highest BCUT2D eigenvalue weighted by Crippen LogP contribution is 2.33. The normalized spacial score (nSPS) is 11.5. The fraction of sp³-hybridized carbons (Fsp3) is 0.364. The third-order valence-corrected chi connectivity index (χ3v) is 5.77. The van der Waals surface area contributed by atoms with Gasteiger partial charge < -0.3 is 10.6 Å². The van der Waals surface area contributed by atoms with E-state index in [9.17, 15) is 9.59 Å². The first-order valence-corrected chi connectivity index (χ1v) is 10.4. The monoisotopic (exact) mass is 410 g/mol. The molecule has 2 N–H and O–H groups in total. The zero-order valence-electron chi connectivity index (χ0n) is 17.4. The molecule has 0 aliphatic rings. The van der Waals surface area contributed by atoms with Crippen LogP contribution in [0.3, 0.4) is 0 Å². The molecule has 6 nitrogen and oxygen atoms in total. The number of thiophene rings is 1. The Bertz CT molecular complexity index is 1050. The third-order valence-electron chi connectivity index (χ3n) is 4.59. The minimum Gasteiger partial charge on any atom is -0.350 e. The summed E-state index contributed by atoms with van der Waals surface area (Å²) in [5, 5.41) is 6.44. The van der Waals surface area contributed by atoms with Crippen LogP contribution >= 0.6 is 11.3 Å². The third kappa shape index (κ3) is 4.79. The zero-order valence-corrected chi connectivity index (χ0v) is 18.2. The van der Waals surface area contributed by atoms with Crippen LogP contribution in [0.4, 0.5) is 0 Å². The molecule has 1 aromatic carbocycles. The summed E-state index contributed by atoms with van der Waals surface area (Å²) in [6.07, 6.45) is 0. The van der Waals surface area contributed by atoms with E-state index >= 15 is 0 Å². The van der Waals surface area contributed by atoms with Gasteiger partial charge in [-0.2, -0.15) is 0 Å². The number of aryl methyl sites for hydroxylation is 2. The van der Waals surface area contributed by atoms with Gasteiger partial charge in [0.2, 0.25) is 5.91 Å². The Hall–Kier alpha value is -2.80. The van der Waals surface area contributed by atoms with Crippen LogP contribution in [-0.4, -0.2) is 28.3 Å². The average molecular weight is 411 g/mol. The fourth-order valence-corrected chi connectivity index (χ4v) is 4.14. The quantitative estimate of drug-likeness (QED) is 0.672. The van der Waals surface area contributed by atoms with Crippen molar-refractivity contribution in [1.29, 1.82) is 0 Å². The molecule has 152 valence electrons. The molecule has 0 aliphatic heterocycles. The van der Waals surface area contributed by atoms with Crippen molar-refractivity contribution in [3.63, 3.8) is 0 Å². The van der Waals surface area contributed by atoms with Crippen molar-refractivity contribution < 1.29 is 9.59 Å². The standard InChI is InChI=1S/C22H26N4O2S/c1-13-17-14(2)25-21(22(3,4)5)26-20(17)29-18(13)19(28)24-12-16(27)23-11-15-9-7-6-8-10-15/h6-10H,11-12H2,1-5H3,(H,23,27)(H,24,28). The maximum absolute atomic E-state index is 12.7. The second-order valence-corrected chi connectivity index (χ2v) is 9.06. The molecule has 0 bridgehead atoms. The van der Waals surface area contributed by atoms with Crippen LogP contribution in [0.2, 0.25) is 0 Å². The number of nitrogens with one attached hydrogen (secondary N) is 2. The molecule has 2 heterocycles. The molecule has 7 heteroatoms. The Morgan fingerprint density at radius 2 is 1.72 bits per heavy atom. The predicted octanol–water partition coefficient (Wildman–Crippen LogP) is 3.65. The number of fused-ring (bicyclic) bond motifs is 1. The molecular formula is C22H26N4O2S. The Labute approximate surface area is 174 Å². The molecule has 0 fully saturated rings. The van der Waals surface area contributed by atoms with E-state index in [0.717, 1.165) is 32.9 Å². The highest BCUT2D eigenvalue weighted by Gasteiger charge is 2.23. The van der Waals surface area contributed by atoms with E-state index in [1.807, 2.05) is 44.2 Å². The Morgan fingerprint density at radius 1 is 1.03 bits per heavy atom. The highest BCUT2D eigenvalue weighted by molar-refractivity contribution is 7.20. The first-order valence-electron chi connectivity index (χ1n) is 9.54. The Balaban J connectivity index is 1.69. The van der Waals surface area contributed by atoms with Gasteiger partial charge in [-0.1, -0.05) is 51.1 Å². The van der Waals surface area contributed by atoms with Gasteiger partial charge in [-0.25, -0.2) is 9.97 Å². The number of carbonyl (C=O) groups is 2. The number of hydrogen-bond acceptors (Lipinski definition) is 5. The fourth-order valence-electron chi connectivity index (χ4n) is 2.99. The molecule has 0 aliphatic carbocycles. The number of hydrogen-bond donors (Lipinski definition) is 2. The molecule has 0 spiro atoms. The summed E-state index contributed by atoms with van der Waals surface area (Å²) in [5.41, 5.74) is 2.56. The van der Waals surface area contributed by atoms with Crippen LogP contribution in [-0.2, 0) is 16.8 Å². The van der Waals surface area contributed by atoms with E-state index in [1.54, 1.807) is 0 Å². The molecule has 0 unspecified atom stereocenters. The Kier molecular flexibility index (Phi) is 5.98. The van der Waals surface area contributed by atoms with Gasteiger partial charge in [0.15, 0.2) is 0 Å². The number of benzene rings is 1. The Morgan fingerprint density at radius 3 is 2.38 bits per heavy atom. The number of carbonyl (C=O) groups excluding carboxylic acids is 2. The summed E-state index contributed by atoms with van der Waals surface area (Å²) >= 11 is 1.34. The zero-order chi connectivity index (χ0) is 21.2. The summed E-state index contributed by atoms with van der Waals surface area (Å²) in [6.45, 7) is 10.4. The van der Waals surface area contributed by atoms with Crippen molar-refractivity contribution in [3.05, 3.63) is 57.9 Å². The van der Waals surface area contributed by atoms with E-state index in [1.165, 1.54) is 11.3 Å². The van der Waals surface area contributed by atoms with Gasteiger partial charge in [-0.15, -0.1) is 11.3 Å². The maximum atomic E-state index is 12.7. The summed E-state index contributed by atoms with van der Waals surface area (Å²) < 4.78 is 0. The molecule has 3 aromatic rings. The van der Waals surface area contributed by atoms with Crippen molar-refractivity contribution in [3.8, 4) is 0 Å². The lowest BCUT2D eigenvalue weighted by molar-refractivity contribution is -0.120. The number of rotatable bonds is 5. The lowest BCUT2D eigenvalue weighted by atomic mass is 9.95. The predicted molar refractivity (Wildman–Crippen MR) is 116 cm³/mol. The first-order chi connectivity index (χ1) is 13.7. The second kappa shape index (κ2) is 8.29. The van der Waals surface area contributed by atoms with Crippen LogP contribution in [0.25, 0.3) is 10.2 Å². The van der Waals surface area contributed by atoms with E-state index in [2.05, 4.69) is 41.4 Å². The minimum absolute atomic E-state index is 0.0722. The van der Waals surface area contributed by atoms with Crippen molar-refractivity contribution in [1.82, 2.24) is 20.6 Å². The van der Waals surface area contributed by atoms with Crippen LogP contribution in [0.1, 0.15) is 53.1 Å². The summed E-state index contributed by atoms with van der Waals surface area (Å²) in [5.74, 6) is 0.264. The summed E-state index contributed by atoms with van der Waals surface area (Å²) in [6, 6.07) is 9.64. The van der Waals surface area contributed by atoms with Gasteiger partial charge >= 0.3 is 0 Å². The molecular weight excluding hydrogens is 384 g/mol. The van der Waals surface area contributed by atoms with Gasteiger partial charge in [0.1, 0.15) is 10.7 Å². The lowest BCUT2D eigenvalue weighted by Crippen LogP contribution is -2.36. The molecule has 0 saturated heterocycles. The topological polar surface area (TPSA) is 84.0 Å². The van der Waals surface area contributed by atoms with Crippen molar-refractivity contribution in [2.75, 3.05) is 6.54 Å². The van der Waals surface area contributed by atoms with Gasteiger partial charge in [0.25, 0.3) is 5.91 Å². The first kappa shape index (κ1) is 20.9. The van der Waals surface area contributed by atoms with E-state index in [0.29, 0.717) is 11.4 Å². The second-order valence-electron chi connectivity index (χ2n) is 8.06. The highest BCUT2D eigenvalue weighted by atomic mass is 32.1. The van der Waals surface area contributed by atoms with Crippen LogP contribution in [0, 0.1) is 13.8 Å². The average Bonchev–Trinajstić information content (AvgIpc) is 3.01. The van der Waals surface area contributed by atoms with Gasteiger partial charge in [0.05, 0.1) is 17.1 Å². The van der Waals surface area contributed by atoms with Crippen LogP contribution in [0.15, 0.2) is 30.3 Å². The minimum atomic E-state index is -0.267. The van der Waals surface area contributed by atoms with Crippen molar-refractivity contribution in [2.24, 2.45) is 0 Å². The SMILES string of the molecule is Cc1nc(C(C)(C)C)nc2sc(C(=O)NCC(=O)NCc3ccccc3)c(C)c12. The van der Waals surface area contributed by atoms with Gasteiger partial charge in [-0.05, 0) is 25.0 Å². The lowest BCUT2D eigenvalue weighted by Gasteiger charge is -2.16. The van der Waals surface area contributed by atoms with E-state index in [-0.39, 0.29) is 23.8 Å². The summed E-state index contributed by atoms with van der Waals surface area (Å²) in [4.78, 5) is 35.4.